The molecule has 0 aliphatic heterocycles. The van der Waals surface area contributed by atoms with Crippen molar-refractivity contribution >= 4 is 5.91 Å². The van der Waals surface area contributed by atoms with Crippen LogP contribution >= 0.6 is 0 Å². The highest BCUT2D eigenvalue weighted by molar-refractivity contribution is 5.91. The second-order valence-electron chi connectivity index (χ2n) is 3.33. The van der Waals surface area contributed by atoms with Crippen LogP contribution in [0.15, 0.2) is 11.6 Å². The molecule has 70 valence electrons. The zero-order valence-electron chi connectivity index (χ0n) is 8.26. The molecule has 2 N–H and O–H groups in total. The number of rotatable bonds is 5. The highest BCUT2D eigenvalue weighted by atomic mass is 16.1. The minimum atomic E-state index is -0.307. The van der Waals surface area contributed by atoms with Gasteiger partial charge in [-0.05, 0) is 19.3 Å². The second kappa shape index (κ2) is 5.81. The first-order valence-electron chi connectivity index (χ1n) is 4.56. The van der Waals surface area contributed by atoms with Gasteiger partial charge < -0.3 is 5.73 Å². The van der Waals surface area contributed by atoms with Gasteiger partial charge in [-0.15, -0.1) is 0 Å². The van der Waals surface area contributed by atoms with Crippen LogP contribution in [0, 0.1) is 5.92 Å². The van der Waals surface area contributed by atoms with Crippen LogP contribution in [-0.4, -0.2) is 5.91 Å². The molecule has 0 heterocycles. The van der Waals surface area contributed by atoms with E-state index in [1.54, 1.807) is 6.92 Å². The van der Waals surface area contributed by atoms with Crippen LogP contribution in [0.3, 0.4) is 0 Å². The van der Waals surface area contributed by atoms with Gasteiger partial charge in [0.05, 0.1) is 0 Å². The minimum Gasteiger partial charge on any atom is -0.366 e. The summed E-state index contributed by atoms with van der Waals surface area (Å²) in [6, 6.07) is 0. The second-order valence-corrected chi connectivity index (χ2v) is 3.33. The van der Waals surface area contributed by atoms with Crippen LogP contribution in [0.1, 0.15) is 40.0 Å². The molecule has 0 saturated carbocycles. The summed E-state index contributed by atoms with van der Waals surface area (Å²) >= 11 is 0. The number of carbonyl (C=O) groups is 1. The predicted octanol–water partition coefficient (Wildman–Crippen LogP) is 2.24. The molecule has 12 heavy (non-hydrogen) atoms. The molecule has 1 unspecified atom stereocenters. The largest absolute Gasteiger partial charge is 0.366 e. The van der Waals surface area contributed by atoms with Gasteiger partial charge in [0.2, 0.25) is 5.91 Å². The van der Waals surface area contributed by atoms with Crippen molar-refractivity contribution in [2.45, 2.75) is 40.0 Å². The molecule has 0 rings (SSSR count). The van der Waals surface area contributed by atoms with E-state index in [0.717, 1.165) is 6.42 Å². The predicted molar refractivity (Wildman–Crippen MR) is 51.6 cm³/mol. The van der Waals surface area contributed by atoms with Gasteiger partial charge in [-0.25, -0.2) is 0 Å². The normalized spacial score (nSPS) is 14.4. The first-order valence-corrected chi connectivity index (χ1v) is 4.56. The Labute approximate surface area is 74.8 Å². The summed E-state index contributed by atoms with van der Waals surface area (Å²) in [4.78, 5) is 10.7. The maximum absolute atomic E-state index is 10.7. The van der Waals surface area contributed by atoms with Gasteiger partial charge in [-0.3, -0.25) is 4.79 Å². The quantitative estimate of drug-likeness (QED) is 0.630. The van der Waals surface area contributed by atoms with E-state index < -0.39 is 0 Å². The molecule has 0 saturated heterocycles. The summed E-state index contributed by atoms with van der Waals surface area (Å²) in [5.41, 5.74) is 5.78. The molecule has 1 atom stereocenters. The molecule has 1 amide bonds. The van der Waals surface area contributed by atoms with E-state index in [9.17, 15) is 4.79 Å². The van der Waals surface area contributed by atoms with E-state index >= 15 is 0 Å². The molecule has 0 spiro atoms. The summed E-state index contributed by atoms with van der Waals surface area (Å²) in [6.45, 7) is 6.05. The Hall–Kier alpha value is -0.790. The van der Waals surface area contributed by atoms with Crippen LogP contribution in [0.5, 0.6) is 0 Å². The Morgan fingerprint density at radius 3 is 2.58 bits per heavy atom. The average Bonchev–Trinajstić information content (AvgIpc) is 2.00. The number of carbonyl (C=O) groups excluding carboxylic acids is 1. The highest BCUT2D eigenvalue weighted by Gasteiger charge is 2.01. The first-order chi connectivity index (χ1) is 5.57. The van der Waals surface area contributed by atoms with Crippen molar-refractivity contribution in [3.63, 3.8) is 0 Å². The summed E-state index contributed by atoms with van der Waals surface area (Å²) in [7, 11) is 0. The molecule has 0 aromatic heterocycles. The van der Waals surface area contributed by atoms with Crippen molar-refractivity contribution in [3.05, 3.63) is 11.6 Å². The van der Waals surface area contributed by atoms with Crippen LogP contribution in [-0.2, 0) is 4.79 Å². The van der Waals surface area contributed by atoms with Crippen LogP contribution < -0.4 is 5.73 Å². The SMILES string of the molecule is CCCCC(C)C=C(C)C(N)=O. The van der Waals surface area contributed by atoms with Gasteiger partial charge in [0, 0.05) is 5.57 Å². The first kappa shape index (κ1) is 11.2. The Kier molecular flexibility index (Phi) is 5.43. The van der Waals surface area contributed by atoms with E-state index in [4.69, 9.17) is 5.73 Å². The van der Waals surface area contributed by atoms with Gasteiger partial charge in [-0.1, -0.05) is 32.8 Å². The zero-order chi connectivity index (χ0) is 9.56. The maximum atomic E-state index is 10.7. The van der Waals surface area contributed by atoms with Gasteiger partial charge in [-0.2, -0.15) is 0 Å². The monoisotopic (exact) mass is 169 g/mol. The van der Waals surface area contributed by atoms with Crippen molar-refractivity contribution in [2.24, 2.45) is 11.7 Å². The molecule has 0 radical (unpaired) electrons. The van der Waals surface area contributed by atoms with Crippen LogP contribution in [0.25, 0.3) is 0 Å². The topological polar surface area (TPSA) is 43.1 Å². The Bertz CT molecular complexity index is 173. The standard InChI is InChI=1S/C10H19NO/c1-4-5-6-8(2)7-9(3)10(11)12/h7-8H,4-6H2,1-3H3,(H2,11,12). The van der Waals surface area contributed by atoms with Gasteiger partial charge >= 0.3 is 0 Å². The Morgan fingerprint density at radius 2 is 2.17 bits per heavy atom. The van der Waals surface area contributed by atoms with E-state index in [-0.39, 0.29) is 5.91 Å². The molecule has 0 fully saturated rings. The molecule has 2 heteroatoms. The fourth-order valence-electron chi connectivity index (χ4n) is 1.12. The third-order valence-corrected chi connectivity index (χ3v) is 1.94. The zero-order valence-corrected chi connectivity index (χ0v) is 8.26. The number of allylic oxidation sites excluding steroid dienone is 1. The van der Waals surface area contributed by atoms with Crippen molar-refractivity contribution in [1.82, 2.24) is 0 Å². The highest BCUT2D eigenvalue weighted by Crippen LogP contribution is 2.10. The minimum absolute atomic E-state index is 0.307. The lowest BCUT2D eigenvalue weighted by Crippen LogP contribution is -2.12. The fraction of sp³-hybridized carbons (Fsp3) is 0.700. The lowest BCUT2D eigenvalue weighted by Gasteiger charge is -2.05. The Balaban J connectivity index is 3.87. The van der Waals surface area contributed by atoms with Crippen molar-refractivity contribution < 1.29 is 4.79 Å². The lowest BCUT2D eigenvalue weighted by molar-refractivity contribution is -0.114. The van der Waals surface area contributed by atoms with Gasteiger partial charge in [0.25, 0.3) is 0 Å². The molecule has 2 nitrogen and oxygen atoms in total. The fourth-order valence-corrected chi connectivity index (χ4v) is 1.12. The van der Waals surface area contributed by atoms with E-state index in [1.807, 2.05) is 6.08 Å². The van der Waals surface area contributed by atoms with E-state index in [0.29, 0.717) is 11.5 Å². The van der Waals surface area contributed by atoms with Crippen molar-refractivity contribution in [3.8, 4) is 0 Å². The molecule has 0 aromatic rings. The molecule has 0 bridgehead atoms. The molecule has 0 aliphatic carbocycles. The average molecular weight is 169 g/mol. The third-order valence-electron chi connectivity index (χ3n) is 1.94. The summed E-state index contributed by atoms with van der Waals surface area (Å²) in [6.07, 6.45) is 5.51. The number of hydrogen-bond donors (Lipinski definition) is 1. The number of unbranched alkanes of at least 4 members (excludes halogenated alkanes) is 1. The van der Waals surface area contributed by atoms with Crippen molar-refractivity contribution in [2.75, 3.05) is 0 Å². The smallest absolute Gasteiger partial charge is 0.244 e. The lowest BCUT2D eigenvalue weighted by atomic mass is 10.0. The van der Waals surface area contributed by atoms with E-state index in [2.05, 4.69) is 13.8 Å². The van der Waals surface area contributed by atoms with Gasteiger partial charge in [0.15, 0.2) is 0 Å². The molecular weight excluding hydrogens is 150 g/mol. The molecular formula is C10H19NO. The van der Waals surface area contributed by atoms with Gasteiger partial charge in [0.1, 0.15) is 0 Å². The van der Waals surface area contributed by atoms with Crippen LogP contribution in [0.4, 0.5) is 0 Å². The summed E-state index contributed by atoms with van der Waals surface area (Å²) < 4.78 is 0. The number of amides is 1. The molecule has 0 aromatic carbocycles. The number of hydrogen-bond acceptors (Lipinski definition) is 1. The summed E-state index contributed by atoms with van der Waals surface area (Å²) in [5, 5.41) is 0. The third kappa shape index (κ3) is 4.94. The summed E-state index contributed by atoms with van der Waals surface area (Å²) in [5.74, 6) is 0.163. The Morgan fingerprint density at radius 1 is 1.58 bits per heavy atom. The van der Waals surface area contributed by atoms with Crippen LogP contribution in [0.2, 0.25) is 0 Å². The molecule has 0 aliphatic rings. The van der Waals surface area contributed by atoms with Crippen molar-refractivity contribution in [1.29, 1.82) is 0 Å². The number of primary amides is 1. The van der Waals surface area contributed by atoms with E-state index in [1.165, 1.54) is 12.8 Å². The number of nitrogens with two attached hydrogens (primary N) is 1. The maximum Gasteiger partial charge on any atom is 0.244 e.